The molecule has 0 saturated carbocycles. The molecule has 0 fully saturated rings. The van der Waals surface area contributed by atoms with E-state index in [1.54, 1.807) is 0 Å². The highest BCUT2D eigenvalue weighted by atomic mass is 16.5. The summed E-state index contributed by atoms with van der Waals surface area (Å²) in [4.78, 5) is 4.54. The van der Waals surface area contributed by atoms with Crippen molar-refractivity contribution in [2.24, 2.45) is 0 Å². The van der Waals surface area contributed by atoms with Crippen LogP contribution in [0.2, 0.25) is 0 Å². The summed E-state index contributed by atoms with van der Waals surface area (Å²) < 4.78 is 5.40. The number of aromatic nitrogens is 1. The van der Waals surface area contributed by atoms with Crippen LogP contribution >= 0.6 is 0 Å². The lowest BCUT2D eigenvalue weighted by molar-refractivity contribution is 0.325. The van der Waals surface area contributed by atoms with Gasteiger partial charge in [0.15, 0.2) is 0 Å². The van der Waals surface area contributed by atoms with E-state index in [1.165, 1.54) is 36.9 Å². The molecule has 1 heterocycles. The first kappa shape index (κ1) is 9.50. The predicted molar refractivity (Wildman–Crippen MR) is 56.7 cm³/mol. The van der Waals surface area contributed by atoms with Gasteiger partial charge in [-0.05, 0) is 38.2 Å². The maximum absolute atomic E-state index is 5.40. The summed E-state index contributed by atoms with van der Waals surface area (Å²) in [6, 6.07) is 4.17. The average molecular weight is 191 g/mol. The summed E-state index contributed by atoms with van der Waals surface area (Å²) in [5, 5.41) is 0. The number of nitrogens with zero attached hydrogens (tertiary/aromatic N) is 1. The van der Waals surface area contributed by atoms with Crippen molar-refractivity contribution in [1.29, 1.82) is 0 Å². The third kappa shape index (κ3) is 2.06. The molecule has 0 radical (unpaired) electrons. The minimum absolute atomic E-state index is 0.700. The number of pyridine rings is 1. The molecule has 0 aromatic carbocycles. The van der Waals surface area contributed by atoms with Gasteiger partial charge in [-0.25, -0.2) is 4.98 Å². The molecule has 0 amide bonds. The van der Waals surface area contributed by atoms with E-state index >= 15 is 0 Å². The van der Waals surface area contributed by atoms with E-state index in [9.17, 15) is 0 Å². The Morgan fingerprint density at radius 3 is 2.93 bits per heavy atom. The van der Waals surface area contributed by atoms with Gasteiger partial charge in [0.05, 0.1) is 6.61 Å². The van der Waals surface area contributed by atoms with Gasteiger partial charge in [-0.1, -0.05) is 12.5 Å². The number of hydrogen-bond acceptors (Lipinski definition) is 2. The normalized spacial score (nSPS) is 15.8. The van der Waals surface area contributed by atoms with Crippen LogP contribution in [0.3, 0.4) is 0 Å². The summed E-state index contributed by atoms with van der Waals surface area (Å²) in [6.45, 7) is 2.69. The van der Waals surface area contributed by atoms with Crippen molar-refractivity contribution >= 4 is 0 Å². The van der Waals surface area contributed by atoms with Gasteiger partial charge in [0, 0.05) is 11.8 Å². The Labute approximate surface area is 85.3 Å². The van der Waals surface area contributed by atoms with Crippen LogP contribution in [-0.4, -0.2) is 11.6 Å². The number of ether oxygens (including phenoxy) is 1. The first-order valence-corrected chi connectivity index (χ1v) is 5.51. The molecule has 2 nitrogen and oxygen atoms in total. The number of aryl methyl sites for hydroxylation is 2. The zero-order valence-corrected chi connectivity index (χ0v) is 8.75. The largest absolute Gasteiger partial charge is 0.478 e. The van der Waals surface area contributed by atoms with Gasteiger partial charge >= 0.3 is 0 Å². The van der Waals surface area contributed by atoms with E-state index in [2.05, 4.69) is 11.1 Å². The highest BCUT2D eigenvalue weighted by Crippen LogP contribution is 2.21. The number of rotatable bonds is 2. The maximum Gasteiger partial charge on any atom is 0.213 e. The van der Waals surface area contributed by atoms with Gasteiger partial charge in [-0.2, -0.15) is 0 Å². The smallest absolute Gasteiger partial charge is 0.213 e. The Kier molecular flexibility index (Phi) is 3.02. The van der Waals surface area contributed by atoms with Crippen LogP contribution in [-0.2, 0) is 12.8 Å². The Balaban J connectivity index is 2.23. The first-order chi connectivity index (χ1) is 6.90. The van der Waals surface area contributed by atoms with Gasteiger partial charge in [0.2, 0.25) is 5.88 Å². The van der Waals surface area contributed by atoms with E-state index in [0.717, 1.165) is 12.3 Å². The third-order valence-corrected chi connectivity index (χ3v) is 2.69. The summed E-state index contributed by atoms with van der Waals surface area (Å²) in [6.07, 6.45) is 6.23. The lowest BCUT2D eigenvalue weighted by Gasteiger charge is -2.07. The molecule has 0 aliphatic heterocycles. The van der Waals surface area contributed by atoms with Crippen molar-refractivity contribution in [3.63, 3.8) is 0 Å². The summed E-state index contributed by atoms with van der Waals surface area (Å²) >= 11 is 0. The van der Waals surface area contributed by atoms with Crippen LogP contribution in [0.1, 0.15) is 37.4 Å². The second-order valence-electron chi connectivity index (χ2n) is 3.75. The topological polar surface area (TPSA) is 22.1 Å². The monoisotopic (exact) mass is 191 g/mol. The highest BCUT2D eigenvalue weighted by molar-refractivity contribution is 5.26. The van der Waals surface area contributed by atoms with Gasteiger partial charge in [-0.15, -0.1) is 0 Å². The van der Waals surface area contributed by atoms with Crippen LogP contribution < -0.4 is 4.74 Å². The van der Waals surface area contributed by atoms with Crippen molar-refractivity contribution in [2.75, 3.05) is 6.61 Å². The standard InChI is InChI=1S/C12H17NO/c1-2-14-12-9-8-10-6-4-3-5-7-11(10)13-12/h8-9H,2-7H2,1H3. The van der Waals surface area contributed by atoms with Gasteiger partial charge in [0.1, 0.15) is 0 Å². The molecule has 1 aliphatic carbocycles. The van der Waals surface area contributed by atoms with Gasteiger partial charge in [-0.3, -0.25) is 0 Å². The number of hydrogen-bond donors (Lipinski definition) is 0. The molecule has 76 valence electrons. The third-order valence-electron chi connectivity index (χ3n) is 2.69. The van der Waals surface area contributed by atoms with E-state index in [4.69, 9.17) is 4.74 Å². The van der Waals surface area contributed by atoms with Crippen molar-refractivity contribution in [3.8, 4) is 5.88 Å². The minimum atomic E-state index is 0.700. The van der Waals surface area contributed by atoms with Crippen molar-refractivity contribution in [1.82, 2.24) is 4.98 Å². The molecule has 2 rings (SSSR count). The van der Waals surface area contributed by atoms with E-state index < -0.39 is 0 Å². The van der Waals surface area contributed by atoms with Crippen LogP contribution in [0, 0.1) is 0 Å². The molecule has 2 heteroatoms. The molecule has 1 aromatic rings. The molecular weight excluding hydrogens is 174 g/mol. The van der Waals surface area contributed by atoms with E-state index in [0.29, 0.717) is 6.61 Å². The van der Waals surface area contributed by atoms with Crippen LogP contribution in [0.4, 0.5) is 0 Å². The molecule has 14 heavy (non-hydrogen) atoms. The minimum Gasteiger partial charge on any atom is -0.478 e. The fraction of sp³-hybridized carbons (Fsp3) is 0.583. The SMILES string of the molecule is CCOc1ccc2c(n1)CCCCC2. The molecule has 0 spiro atoms. The average Bonchev–Trinajstić information content (AvgIpc) is 2.42. The second-order valence-corrected chi connectivity index (χ2v) is 3.75. The molecule has 0 atom stereocenters. The highest BCUT2D eigenvalue weighted by Gasteiger charge is 2.09. The Morgan fingerprint density at radius 1 is 1.21 bits per heavy atom. The Morgan fingerprint density at radius 2 is 2.07 bits per heavy atom. The van der Waals surface area contributed by atoms with Crippen molar-refractivity contribution < 1.29 is 4.74 Å². The zero-order chi connectivity index (χ0) is 9.80. The van der Waals surface area contributed by atoms with E-state index in [1.807, 2.05) is 13.0 Å². The lowest BCUT2D eigenvalue weighted by atomic mass is 10.1. The molecule has 0 unspecified atom stereocenters. The van der Waals surface area contributed by atoms with Gasteiger partial charge in [0.25, 0.3) is 0 Å². The molecule has 0 saturated heterocycles. The number of fused-ring (bicyclic) bond motifs is 1. The predicted octanol–water partition coefficient (Wildman–Crippen LogP) is 2.75. The molecule has 0 bridgehead atoms. The maximum atomic E-state index is 5.40. The fourth-order valence-electron chi connectivity index (χ4n) is 1.97. The van der Waals surface area contributed by atoms with Crippen LogP contribution in [0.5, 0.6) is 5.88 Å². The fourth-order valence-corrected chi connectivity index (χ4v) is 1.97. The summed E-state index contributed by atoms with van der Waals surface area (Å²) in [7, 11) is 0. The Bertz CT molecular complexity index is 309. The lowest BCUT2D eigenvalue weighted by Crippen LogP contribution is -2.00. The van der Waals surface area contributed by atoms with Gasteiger partial charge < -0.3 is 4.74 Å². The summed E-state index contributed by atoms with van der Waals surface area (Å²) in [5.41, 5.74) is 2.68. The van der Waals surface area contributed by atoms with E-state index in [-0.39, 0.29) is 0 Å². The summed E-state index contributed by atoms with van der Waals surface area (Å²) in [5.74, 6) is 0.785. The Hall–Kier alpha value is -1.05. The molecule has 0 N–H and O–H groups in total. The first-order valence-electron chi connectivity index (χ1n) is 5.51. The van der Waals surface area contributed by atoms with Crippen molar-refractivity contribution in [2.45, 2.75) is 39.0 Å². The zero-order valence-electron chi connectivity index (χ0n) is 8.75. The van der Waals surface area contributed by atoms with Crippen LogP contribution in [0.25, 0.3) is 0 Å². The second kappa shape index (κ2) is 4.45. The van der Waals surface area contributed by atoms with Crippen molar-refractivity contribution in [3.05, 3.63) is 23.4 Å². The molecule has 1 aromatic heterocycles. The molecule has 1 aliphatic rings. The van der Waals surface area contributed by atoms with Crippen LogP contribution in [0.15, 0.2) is 12.1 Å². The molecular formula is C12H17NO. The quantitative estimate of drug-likeness (QED) is 0.670.